The lowest BCUT2D eigenvalue weighted by Gasteiger charge is -2.17. The molecule has 1 fully saturated rings. The molecule has 0 aliphatic carbocycles. The third-order valence-electron chi connectivity index (χ3n) is 3.70. The maximum atomic E-state index is 8.81. The molecule has 1 atom stereocenters. The summed E-state index contributed by atoms with van der Waals surface area (Å²) in [5.74, 6) is 0.884. The van der Waals surface area contributed by atoms with Crippen molar-refractivity contribution in [3.63, 3.8) is 0 Å². The molecule has 1 unspecified atom stereocenters. The smallest absolute Gasteiger partial charge is 0.129 e. The monoisotopic (exact) mass is 279 g/mol. The van der Waals surface area contributed by atoms with Crippen LogP contribution in [-0.4, -0.2) is 34.0 Å². The van der Waals surface area contributed by atoms with Crippen molar-refractivity contribution >= 4 is 5.82 Å². The number of hydrogen-bond acceptors (Lipinski definition) is 5. The van der Waals surface area contributed by atoms with Crippen molar-refractivity contribution < 1.29 is 0 Å². The Bertz CT molecular complexity index is 617. The van der Waals surface area contributed by atoms with Crippen molar-refractivity contribution in [1.29, 1.82) is 5.26 Å². The van der Waals surface area contributed by atoms with Crippen molar-refractivity contribution in [2.45, 2.75) is 19.0 Å². The molecule has 5 heteroatoms. The second-order valence-corrected chi connectivity index (χ2v) is 5.27. The first-order chi connectivity index (χ1) is 10.3. The van der Waals surface area contributed by atoms with Gasteiger partial charge in [0.15, 0.2) is 0 Å². The molecule has 1 aliphatic heterocycles. The van der Waals surface area contributed by atoms with Gasteiger partial charge in [-0.1, -0.05) is 12.1 Å². The zero-order valence-electron chi connectivity index (χ0n) is 11.7. The van der Waals surface area contributed by atoms with Crippen LogP contribution in [0.4, 0.5) is 5.82 Å². The molecular weight excluding hydrogens is 262 g/mol. The van der Waals surface area contributed by atoms with Crippen LogP contribution in [0.5, 0.6) is 0 Å². The summed E-state index contributed by atoms with van der Waals surface area (Å²) in [5, 5.41) is 12.2. The fourth-order valence-electron chi connectivity index (χ4n) is 2.62. The van der Waals surface area contributed by atoms with E-state index in [0.29, 0.717) is 11.6 Å². The predicted octanol–water partition coefficient (Wildman–Crippen LogP) is 2.03. The lowest BCUT2D eigenvalue weighted by atomic mass is 10.1. The zero-order valence-corrected chi connectivity index (χ0v) is 11.7. The van der Waals surface area contributed by atoms with Crippen LogP contribution in [0.1, 0.15) is 17.5 Å². The molecule has 0 amide bonds. The normalized spacial score (nSPS) is 18.3. The molecule has 0 spiro atoms. The largest absolute Gasteiger partial charge is 0.366 e. The predicted molar refractivity (Wildman–Crippen MR) is 80.5 cm³/mol. The molecule has 1 aliphatic rings. The molecule has 0 radical (unpaired) electrons. The lowest BCUT2D eigenvalue weighted by Crippen LogP contribution is -2.26. The van der Waals surface area contributed by atoms with Crippen LogP contribution in [0, 0.1) is 11.3 Å². The average molecular weight is 279 g/mol. The number of aromatic nitrogens is 2. The van der Waals surface area contributed by atoms with Crippen LogP contribution in [0.25, 0.3) is 0 Å². The van der Waals surface area contributed by atoms with E-state index >= 15 is 0 Å². The van der Waals surface area contributed by atoms with Gasteiger partial charge in [-0.3, -0.25) is 4.90 Å². The third kappa shape index (κ3) is 3.56. The molecule has 0 bridgehead atoms. The van der Waals surface area contributed by atoms with Crippen LogP contribution < -0.4 is 5.32 Å². The van der Waals surface area contributed by atoms with Gasteiger partial charge in [-0.15, -0.1) is 0 Å². The number of nitrogens with zero attached hydrogens (tertiary/aromatic N) is 4. The number of likely N-dealkylation sites (tertiary alicyclic amines) is 1. The SMILES string of the molecule is N#Cc1ccc(CN2CCC(Nc3ccncn3)C2)cc1. The Hall–Kier alpha value is -2.45. The number of benzene rings is 1. The minimum Gasteiger partial charge on any atom is -0.366 e. The molecule has 21 heavy (non-hydrogen) atoms. The van der Waals surface area contributed by atoms with Crippen molar-refractivity contribution in [1.82, 2.24) is 14.9 Å². The Morgan fingerprint density at radius 3 is 2.86 bits per heavy atom. The van der Waals surface area contributed by atoms with Crippen LogP contribution in [0.3, 0.4) is 0 Å². The number of nitriles is 1. The molecule has 1 saturated heterocycles. The second-order valence-electron chi connectivity index (χ2n) is 5.27. The maximum absolute atomic E-state index is 8.81. The number of anilines is 1. The van der Waals surface area contributed by atoms with E-state index in [1.807, 2.05) is 30.3 Å². The van der Waals surface area contributed by atoms with Gasteiger partial charge in [-0.05, 0) is 30.2 Å². The van der Waals surface area contributed by atoms with Gasteiger partial charge in [-0.2, -0.15) is 5.26 Å². The number of nitrogens with one attached hydrogen (secondary N) is 1. The van der Waals surface area contributed by atoms with E-state index in [9.17, 15) is 0 Å². The maximum Gasteiger partial charge on any atom is 0.129 e. The number of hydrogen-bond donors (Lipinski definition) is 1. The van der Waals surface area contributed by atoms with E-state index in [0.717, 1.165) is 31.9 Å². The van der Waals surface area contributed by atoms with E-state index in [2.05, 4.69) is 26.3 Å². The van der Waals surface area contributed by atoms with Crippen molar-refractivity contribution in [2.75, 3.05) is 18.4 Å². The van der Waals surface area contributed by atoms with Crippen molar-refractivity contribution in [3.05, 3.63) is 54.0 Å². The summed E-state index contributed by atoms with van der Waals surface area (Å²) >= 11 is 0. The highest BCUT2D eigenvalue weighted by atomic mass is 15.2. The summed E-state index contributed by atoms with van der Waals surface area (Å²) in [6.07, 6.45) is 4.42. The number of rotatable bonds is 4. The standard InChI is InChI=1S/C16H17N5/c17-9-13-1-3-14(4-2-13)10-21-8-6-15(11-21)20-16-5-7-18-12-19-16/h1-5,7,12,15H,6,8,10-11H2,(H,18,19,20). The summed E-state index contributed by atoms with van der Waals surface area (Å²) in [6.45, 7) is 3.00. The molecule has 2 heterocycles. The fraction of sp³-hybridized carbons (Fsp3) is 0.312. The van der Waals surface area contributed by atoms with Gasteiger partial charge in [0.05, 0.1) is 11.6 Å². The van der Waals surface area contributed by atoms with E-state index in [4.69, 9.17) is 5.26 Å². The average Bonchev–Trinajstić information content (AvgIpc) is 2.96. The van der Waals surface area contributed by atoms with Gasteiger partial charge in [0.2, 0.25) is 0 Å². The van der Waals surface area contributed by atoms with Gasteiger partial charge in [-0.25, -0.2) is 9.97 Å². The van der Waals surface area contributed by atoms with Gasteiger partial charge >= 0.3 is 0 Å². The molecule has 3 rings (SSSR count). The first-order valence-electron chi connectivity index (χ1n) is 7.07. The summed E-state index contributed by atoms with van der Waals surface area (Å²) < 4.78 is 0. The highest BCUT2D eigenvalue weighted by molar-refractivity contribution is 5.34. The topological polar surface area (TPSA) is 64.8 Å². The molecule has 1 N–H and O–H groups in total. The summed E-state index contributed by atoms with van der Waals surface area (Å²) in [6, 6.07) is 12.3. The van der Waals surface area contributed by atoms with E-state index in [1.165, 1.54) is 5.56 Å². The molecule has 106 valence electrons. The summed E-state index contributed by atoms with van der Waals surface area (Å²) in [5.41, 5.74) is 1.96. The fourth-order valence-corrected chi connectivity index (χ4v) is 2.62. The second kappa shape index (κ2) is 6.33. The summed E-state index contributed by atoms with van der Waals surface area (Å²) in [4.78, 5) is 10.5. The third-order valence-corrected chi connectivity index (χ3v) is 3.70. The van der Waals surface area contributed by atoms with E-state index in [-0.39, 0.29) is 0 Å². The Morgan fingerprint density at radius 2 is 2.14 bits per heavy atom. The Labute approximate surface area is 124 Å². The van der Waals surface area contributed by atoms with Crippen LogP contribution in [0.15, 0.2) is 42.9 Å². The zero-order chi connectivity index (χ0) is 14.5. The first-order valence-corrected chi connectivity index (χ1v) is 7.07. The van der Waals surface area contributed by atoms with E-state index < -0.39 is 0 Å². The van der Waals surface area contributed by atoms with Crippen molar-refractivity contribution in [2.24, 2.45) is 0 Å². The molecular formula is C16H17N5. The Balaban J connectivity index is 1.53. The first kappa shape index (κ1) is 13.5. The lowest BCUT2D eigenvalue weighted by molar-refractivity contribution is 0.328. The van der Waals surface area contributed by atoms with Gasteiger partial charge in [0.25, 0.3) is 0 Å². The van der Waals surface area contributed by atoms with Gasteiger partial charge in [0, 0.05) is 31.9 Å². The minimum absolute atomic E-state index is 0.429. The highest BCUT2D eigenvalue weighted by Gasteiger charge is 2.22. The molecule has 1 aromatic carbocycles. The summed E-state index contributed by atoms with van der Waals surface area (Å²) in [7, 11) is 0. The molecule has 0 saturated carbocycles. The van der Waals surface area contributed by atoms with Crippen LogP contribution in [0.2, 0.25) is 0 Å². The Morgan fingerprint density at radius 1 is 1.29 bits per heavy atom. The van der Waals surface area contributed by atoms with Crippen molar-refractivity contribution in [3.8, 4) is 6.07 Å². The quantitative estimate of drug-likeness (QED) is 0.927. The minimum atomic E-state index is 0.429. The molecule has 2 aromatic rings. The Kier molecular flexibility index (Phi) is 4.08. The van der Waals surface area contributed by atoms with Gasteiger partial charge in [0.1, 0.15) is 12.1 Å². The van der Waals surface area contributed by atoms with E-state index in [1.54, 1.807) is 12.5 Å². The molecule has 5 nitrogen and oxygen atoms in total. The van der Waals surface area contributed by atoms with Gasteiger partial charge < -0.3 is 5.32 Å². The van der Waals surface area contributed by atoms with Crippen LogP contribution >= 0.6 is 0 Å². The van der Waals surface area contributed by atoms with Crippen LogP contribution in [-0.2, 0) is 6.54 Å². The molecule has 1 aromatic heterocycles. The highest BCUT2D eigenvalue weighted by Crippen LogP contribution is 2.16.